The van der Waals surface area contributed by atoms with Crippen LogP contribution in [0.5, 0.6) is 0 Å². The second kappa shape index (κ2) is 5.51. The molecule has 1 heterocycles. The second-order valence-corrected chi connectivity index (χ2v) is 3.40. The number of likely N-dealkylation sites (N-methyl/N-ethyl adjacent to an activating group) is 1. The van der Waals surface area contributed by atoms with Crippen LogP contribution < -0.4 is 4.90 Å². The zero-order chi connectivity index (χ0) is 11.3. The largest absolute Gasteiger partial charge is 0.392 e. The van der Waals surface area contributed by atoms with Crippen molar-refractivity contribution >= 4 is 5.82 Å². The molecular weight excluding hydrogens is 188 g/mol. The number of hydrogen-bond donors (Lipinski definition) is 1. The molecule has 3 heteroatoms. The number of hydrogen-bond acceptors (Lipinski definition) is 3. The van der Waals surface area contributed by atoms with Crippen molar-refractivity contribution in [3.63, 3.8) is 0 Å². The van der Waals surface area contributed by atoms with Crippen molar-refractivity contribution in [2.24, 2.45) is 0 Å². The average Bonchev–Trinajstić information content (AvgIpc) is 2.25. The summed E-state index contributed by atoms with van der Waals surface area (Å²) in [5.41, 5.74) is 1.77. The lowest BCUT2D eigenvalue weighted by Crippen LogP contribution is -2.23. The van der Waals surface area contributed by atoms with Gasteiger partial charge in [-0.15, -0.1) is 6.58 Å². The van der Waals surface area contributed by atoms with Crippen molar-refractivity contribution in [3.05, 3.63) is 36.0 Å². The monoisotopic (exact) mass is 206 g/mol. The Labute approximate surface area is 91.1 Å². The fourth-order valence-corrected chi connectivity index (χ4v) is 1.46. The number of aryl methyl sites for hydroxylation is 1. The first kappa shape index (κ1) is 11.7. The van der Waals surface area contributed by atoms with E-state index in [0.717, 1.165) is 30.2 Å². The van der Waals surface area contributed by atoms with Crippen molar-refractivity contribution in [1.82, 2.24) is 4.98 Å². The van der Waals surface area contributed by atoms with Gasteiger partial charge >= 0.3 is 0 Å². The molecule has 1 rings (SSSR count). The van der Waals surface area contributed by atoms with Crippen LogP contribution in [0.15, 0.2) is 24.8 Å². The maximum Gasteiger partial charge on any atom is 0.129 e. The van der Waals surface area contributed by atoms with Crippen LogP contribution in [-0.4, -0.2) is 23.2 Å². The Balaban J connectivity index is 2.94. The number of aliphatic hydroxyl groups is 1. The quantitative estimate of drug-likeness (QED) is 0.747. The molecule has 0 atom stereocenters. The topological polar surface area (TPSA) is 36.4 Å². The van der Waals surface area contributed by atoms with E-state index in [0.29, 0.717) is 0 Å². The molecule has 3 nitrogen and oxygen atoms in total. The predicted molar refractivity (Wildman–Crippen MR) is 63.0 cm³/mol. The number of nitrogens with zero attached hydrogens (tertiary/aromatic N) is 2. The van der Waals surface area contributed by atoms with Gasteiger partial charge in [0.25, 0.3) is 0 Å². The number of rotatable bonds is 5. The second-order valence-electron chi connectivity index (χ2n) is 3.40. The molecule has 82 valence electrons. The van der Waals surface area contributed by atoms with Crippen LogP contribution in [0.4, 0.5) is 5.82 Å². The molecule has 0 aliphatic rings. The van der Waals surface area contributed by atoms with Crippen LogP contribution in [0, 0.1) is 6.92 Å². The lowest BCUT2D eigenvalue weighted by molar-refractivity contribution is 0.280. The third-order valence-corrected chi connectivity index (χ3v) is 2.41. The molecule has 0 spiro atoms. The minimum Gasteiger partial charge on any atom is -0.392 e. The number of aliphatic hydroxyl groups excluding tert-OH is 1. The summed E-state index contributed by atoms with van der Waals surface area (Å²) in [6, 6.07) is 3.86. The molecule has 1 aromatic rings. The summed E-state index contributed by atoms with van der Waals surface area (Å²) < 4.78 is 0. The first-order valence-corrected chi connectivity index (χ1v) is 5.16. The first-order valence-electron chi connectivity index (χ1n) is 5.16. The average molecular weight is 206 g/mol. The Morgan fingerprint density at radius 3 is 2.73 bits per heavy atom. The van der Waals surface area contributed by atoms with Crippen LogP contribution in [0.2, 0.25) is 0 Å². The normalized spacial score (nSPS) is 10.1. The van der Waals surface area contributed by atoms with E-state index in [-0.39, 0.29) is 6.61 Å². The van der Waals surface area contributed by atoms with Crippen LogP contribution in [0.25, 0.3) is 0 Å². The molecule has 0 saturated carbocycles. The summed E-state index contributed by atoms with van der Waals surface area (Å²) in [5, 5.41) is 9.04. The van der Waals surface area contributed by atoms with Crippen molar-refractivity contribution in [2.45, 2.75) is 20.5 Å². The Morgan fingerprint density at radius 1 is 1.53 bits per heavy atom. The van der Waals surface area contributed by atoms with E-state index in [9.17, 15) is 0 Å². The maximum atomic E-state index is 9.04. The van der Waals surface area contributed by atoms with Gasteiger partial charge in [-0.2, -0.15) is 0 Å². The van der Waals surface area contributed by atoms with Crippen LogP contribution in [-0.2, 0) is 6.61 Å². The third-order valence-electron chi connectivity index (χ3n) is 2.41. The fourth-order valence-electron chi connectivity index (χ4n) is 1.46. The van der Waals surface area contributed by atoms with Gasteiger partial charge in [0.1, 0.15) is 5.82 Å². The van der Waals surface area contributed by atoms with Crippen molar-refractivity contribution in [1.29, 1.82) is 0 Å². The molecular formula is C12H18N2O. The molecule has 0 bridgehead atoms. The molecule has 0 fully saturated rings. The van der Waals surface area contributed by atoms with Crippen LogP contribution in [0.3, 0.4) is 0 Å². The highest BCUT2D eigenvalue weighted by atomic mass is 16.3. The highest BCUT2D eigenvalue weighted by Gasteiger charge is 2.05. The predicted octanol–water partition coefficient (Wildman–Crippen LogP) is 1.89. The molecule has 0 aromatic carbocycles. The highest BCUT2D eigenvalue weighted by Crippen LogP contribution is 2.14. The standard InChI is InChI=1S/C12H18N2O/c1-4-8-14(5-2)12-7-6-11(9-15)10(3)13-12/h4,6-7,15H,1,5,8-9H2,2-3H3. The molecule has 0 aliphatic carbocycles. The Bertz CT molecular complexity index is 336. The summed E-state index contributed by atoms with van der Waals surface area (Å²) in [7, 11) is 0. The third kappa shape index (κ3) is 2.80. The van der Waals surface area contributed by atoms with Gasteiger partial charge in [-0.1, -0.05) is 12.1 Å². The van der Waals surface area contributed by atoms with Crippen molar-refractivity contribution in [3.8, 4) is 0 Å². The van der Waals surface area contributed by atoms with Gasteiger partial charge in [0.2, 0.25) is 0 Å². The Hall–Kier alpha value is -1.35. The molecule has 0 unspecified atom stereocenters. The molecule has 0 aliphatic heterocycles. The van der Waals surface area contributed by atoms with E-state index in [1.165, 1.54) is 0 Å². The van der Waals surface area contributed by atoms with Crippen molar-refractivity contribution < 1.29 is 5.11 Å². The molecule has 1 N–H and O–H groups in total. The zero-order valence-corrected chi connectivity index (χ0v) is 9.40. The fraction of sp³-hybridized carbons (Fsp3) is 0.417. The van der Waals surface area contributed by atoms with E-state index >= 15 is 0 Å². The molecule has 15 heavy (non-hydrogen) atoms. The molecule has 0 amide bonds. The lowest BCUT2D eigenvalue weighted by atomic mass is 10.2. The van der Waals surface area contributed by atoms with Gasteiger partial charge in [0.15, 0.2) is 0 Å². The van der Waals surface area contributed by atoms with E-state index in [1.54, 1.807) is 0 Å². The van der Waals surface area contributed by atoms with Gasteiger partial charge in [0.05, 0.1) is 6.61 Å². The smallest absolute Gasteiger partial charge is 0.129 e. The van der Waals surface area contributed by atoms with Gasteiger partial charge in [0, 0.05) is 18.8 Å². The summed E-state index contributed by atoms with van der Waals surface area (Å²) in [4.78, 5) is 6.58. The highest BCUT2D eigenvalue weighted by molar-refractivity contribution is 5.42. The zero-order valence-electron chi connectivity index (χ0n) is 9.40. The first-order chi connectivity index (χ1) is 7.22. The van der Waals surface area contributed by atoms with Gasteiger partial charge in [-0.25, -0.2) is 4.98 Å². The molecule has 0 radical (unpaired) electrons. The number of anilines is 1. The summed E-state index contributed by atoms with van der Waals surface area (Å²) in [5.74, 6) is 0.937. The molecule has 1 aromatic heterocycles. The van der Waals surface area contributed by atoms with E-state index < -0.39 is 0 Å². The van der Waals surface area contributed by atoms with Crippen LogP contribution >= 0.6 is 0 Å². The Kier molecular flexibility index (Phi) is 4.31. The summed E-state index contributed by atoms with van der Waals surface area (Å²) >= 11 is 0. The maximum absolute atomic E-state index is 9.04. The van der Waals surface area contributed by atoms with E-state index in [4.69, 9.17) is 5.11 Å². The number of aromatic nitrogens is 1. The van der Waals surface area contributed by atoms with Gasteiger partial charge < -0.3 is 10.0 Å². The van der Waals surface area contributed by atoms with E-state index in [2.05, 4.69) is 23.4 Å². The van der Waals surface area contributed by atoms with Gasteiger partial charge in [-0.3, -0.25) is 0 Å². The lowest BCUT2D eigenvalue weighted by Gasteiger charge is -2.20. The van der Waals surface area contributed by atoms with E-state index in [1.807, 2.05) is 25.1 Å². The number of pyridine rings is 1. The summed E-state index contributed by atoms with van der Waals surface area (Å²) in [6.07, 6.45) is 1.86. The minimum absolute atomic E-state index is 0.0483. The summed E-state index contributed by atoms with van der Waals surface area (Å²) in [6.45, 7) is 9.46. The SMILES string of the molecule is C=CCN(CC)c1ccc(CO)c(C)n1. The van der Waals surface area contributed by atoms with Crippen LogP contribution in [0.1, 0.15) is 18.2 Å². The molecule has 0 saturated heterocycles. The minimum atomic E-state index is 0.0483. The van der Waals surface area contributed by atoms with Gasteiger partial charge in [-0.05, 0) is 25.5 Å². The van der Waals surface area contributed by atoms with Crippen molar-refractivity contribution in [2.75, 3.05) is 18.0 Å². The Morgan fingerprint density at radius 2 is 2.27 bits per heavy atom.